The van der Waals surface area contributed by atoms with Gasteiger partial charge in [-0.25, -0.2) is 9.97 Å². The van der Waals surface area contributed by atoms with Crippen LogP contribution < -0.4 is 4.90 Å². The first-order valence-electron chi connectivity index (χ1n) is 9.07. The van der Waals surface area contributed by atoms with Gasteiger partial charge in [-0.15, -0.1) is 0 Å². The highest BCUT2D eigenvalue weighted by molar-refractivity contribution is 5.52. The lowest BCUT2D eigenvalue weighted by molar-refractivity contribution is 0.132. The molecule has 24 heavy (non-hydrogen) atoms. The van der Waals surface area contributed by atoms with Crippen molar-refractivity contribution in [1.29, 1.82) is 0 Å². The molecule has 1 N–H and O–H groups in total. The van der Waals surface area contributed by atoms with Gasteiger partial charge in [-0.1, -0.05) is 0 Å². The van der Waals surface area contributed by atoms with E-state index in [1.807, 2.05) is 19.1 Å². The van der Waals surface area contributed by atoms with Gasteiger partial charge in [0.2, 0.25) is 0 Å². The molecule has 1 fully saturated rings. The summed E-state index contributed by atoms with van der Waals surface area (Å²) in [6.45, 7) is 3.00. The molecule has 1 aliphatic heterocycles. The Bertz CT molecular complexity index is 699. The lowest BCUT2D eigenvalue weighted by atomic mass is 9.95. The fourth-order valence-corrected chi connectivity index (χ4v) is 4.15. The van der Waals surface area contributed by atoms with Crippen LogP contribution in [0.1, 0.15) is 61.1 Å². The van der Waals surface area contributed by atoms with Gasteiger partial charge in [-0.2, -0.15) is 0 Å². The highest BCUT2D eigenvalue weighted by atomic mass is 16.4. The number of anilines is 1. The molecule has 2 unspecified atom stereocenters. The van der Waals surface area contributed by atoms with E-state index in [0.29, 0.717) is 18.2 Å². The number of hydrogen-bond donors (Lipinski definition) is 1. The molecule has 0 amide bonds. The first kappa shape index (κ1) is 15.6. The zero-order valence-electron chi connectivity index (χ0n) is 14.2. The van der Waals surface area contributed by atoms with Crippen molar-refractivity contribution in [3.8, 4) is 0 Å². The van der Waals surface area contributed by atoms with Gasteiger partial charge in [-0.05, 0) is 57.6 Å². The average Bonchev–Trinajstić information content (AvgIpc) is 3.25. The smallest absolute Gasteiger partial charge is 0.136 e. The summed E-state index contributed by atoms with van der Waals surface area (Å²) in [4.78, 5) is 11.9. The fraction of sp³-hybridized carbons (Fsp3) is 0.579. The molecule has 2 atom stereocenters. The first-order chi connectivity index (χ1) is 11.7. The van der Waals surface area contributed by atoms with Gasteiger partial charge < -0.3 is 14.4 Å². The van der Waals surface area contributed by atoms with Crippen LogP contribution in [0.25, 0.3) is 0 Å². The minimum Gasteiger partial charge on any atom is -0.467 e. The molecule has 0 bridgehead atoms. The van der Waals surface area contributed by atoms with Crippen molar-refractivity contribution in [3.05, 3.63) is 41.2 Å². The second kappa shape index (κ2) is 6.55. The Morgan fingerprint density at radius 2 is 2.17 bits per heavy atom. The Morgan fingerprint density at radius 1 is 1.29 bits per heavy atom. The molecule has 5 nitrogen and oxygen atoms in total. The van der Waals surface area contributed by atoms with Gasteiger partial charge in [0.15, 0.2) is 0 Å². The van der Waals surface area contributed by atoms with Crippen LogP contribution in [0.3, 0.4) is 0 Å². The maximum absolute atomic E-state index is 10.5. The molecule has 5 heteroatoms. The van der Waals surface area contributed by atoms with Gasteiger partial charge in [0.1, 0.15) is 23.5 Å². The highest BCUT2D eigenvalue weighted by Gasteiger charge is 2.31. The molecule has 128 valence electrons. The zero-order chi connectivity index (χ0) is 16.5. The number of aliphatic hydroxyl groups excluding tert-OH is 1. The Labute approximate surface area is 142 Å². The number of rotatable bonds is 4. The molecule has 0 spiro atoms. The van der Waals surface area contributed by atoms with Crippen molar-refractivity contribution in [2.24, 2.45) is 0 Å². The zero-order valence-corrected chi connectivity index (χ0v) is 14.2. The molecule has 3 heterocycles. The molecular formula is C19H25N3O2. The van der Waals surface area contributed by atoms with Crippen LogP contribution in [0, 0.1) is 6.92 Å². The van der Waals surface area contributed by atoms with Crippen molar-refractivity contribution in [2.45, 2.75) is 64.0 Å². The SMILES string of the molecule is Cc1nc2c(c(N3CCCC3CC(O)c3ccco3)n1)CCCC2. The fourth-order valence-electron chi connectivity index (χ4n) is 4.15. The first-order valence-corrected chi connectivity index (χ1v) is 9.07. The molecule has 1 aliphatic carbocycles. The number of furan rings is 1. The molecule has 2 aromatic heterocycles. The topological polar surface area (TPSA) is 62.4 Å². The molecule has 2 aliphatic rings. The standard InChI is InChI=1S/C19H25N3O2/c1-13-20-16-8-3-2-7-15(16)19(21-13)22-10-4-6-14(22)12-17(23)18-9-5-11-24-18/h5,9,11,14,17,23H,2-4,6-8,10,12H2,1H3. The minimum atomic E-state index is -0.552. The Hall–Kier alpha value is -1.88. The van der Waals surface area contributed by atoms with E-state index in [4.69, 9.17) is 9.40 Å². The molecule has 0 radical (unpaired) electrons. The minimum absolute atomic E-state index is 0.311. The van der Waals surface area contributed by atoms with Crippen LogP contribution in [0.15, 0.2) is 22.8 Å². The number of fused-ring (bicyclic) bond motifs is 1. The Kier molecular flexibility index (Phi) is 4.27. The number of aryl methyl sites for hydroxylation is 2. The Balaban J connectivity index is 1.60. The van der Waals surface area contributed by atoms with E-state index in [1.165, 1.54) is 24.1 Å². The van der Waals surface area contributed by atoms with E-state index in [2.05, 4.69) is 9.88 Å². The lowest BCUT2D eigenvalue weighted by Crippen LogP contribution is -2.33. The largest absolute Gasteiger partial charge is 0.467 e. The lowest BCUT2D eigenvalue weighted by Gasteiger charge is -2.30. The van der Waals surface area contributed by atoms with Crippen molar-refractivity contribution in [2.75, 3.05) is 11.4 Å². The van der Waals surface area contributed by atoms with Gasteiger partial charge in [0, 0.05) is 30.3 Å². The molecule has 0 aromatic carbocycles. The number of aliphatic hydroxyl groups is 1. The monoisotopic (exact) mass is 327 g/mol. The average molecular weight is 327 g/mol. The summed E-state index contributed by atoms with van der Waals surface area (Å²) in [5, 5.41) is 10.5. The van der Waals surface area contributed by atoms with E-state index in [0.717, 1.165) is 43.9 Å². The van der Waals surface area contributed by atoms with Gasteiger partial charge in [-0.3, -0.25) is 0 Å². The van der Waals surface area contributed by atoms with Crippen molar-refractivity contribution < 1.29 is 9.52 Å². The van der Waals surface area contributed by atoms with Gasteiger partial charge in [0.05, 0.1) is 6.26 Å². The summed E-state index contributed by atoms with van der Waals surface area (Å²) in [6.07, 6.45) is 8.59. The third kappa shape index (κ3) is 2.93. The third-order valence-electron chi connectivity index (χ3n) is 5.29. The van der Waals surface area contributed by atoms with Gasteiger partial charge >= 0.3 is 0 Å². The van der Waals surface area contributed by atoms with Crippen LogP contribution in [0.5, 0.6) is 0 Å². The summed E-state index contributed by atoms with van der Waals surface area (Å²) in [6, 6.07) is 3.99. The summed E-state index contributed by atoms with van der Waals surface area (Å²) in [5.74, 6) is 2.64. The quantitative estimate of drug-likeness (QED) is 0.933. The van der Waals surface area contributed by atoms with E-state index in [1.54, 1.807) is 6.26 Å². The van der Waals surface area contributed by atoms with E-state index in [-0.39, 0.29) is 0 Å². The summed E-state index contributed by atoms with van der Waals surface area (Å²) < 4.78 is 5.36. The van der Waals surface area contributed by atoms with Crippen LogP contribution in [-0.4, -0.2) is 27.7 Å². The molecule has 1 saturated heterocycles. The molecular weight excluding hydrogens is 302 g/mol. The second-order valence-corrected chi connectivity index (χ2v) is 6.98. The summed E-state index contributed by atoms with van der Waals surface area (Å²) in [5.41, 5.74) is 2.58. The van der Waals surface area contributed by atoms with Crippen molar-refractivity contribution in [3.63, 3.8) is 0 Å². The second-order valence-electron chi connectivity index (χ2n) is 6.98. The van der Waals surface area contributed by atoms with E-state index in [9.17, 15) is 5.11 Å². The highest BCUT2D eigenvalue weighted by Crippen LogP contribution is 2.35. The predicted octanol–water partition coefficient (Wildman–Crippen LogP) is 3.35. The van der Waals surface area contributed by atoms with E-state index >= 15 is 0 Å². The van der Waals surface area contributed by atoms with Crippen molar-refractivity contribution in [1.82, 2.24) is 9.97 Å². The number of nitrogens with zero attached hydrogens (tertiary/aromatic N) is 3. The summed E-state index contributed by atoms with van der Waals surface area (Å²) in [7, 11) is 0. The maximum Gasteiger partial charge on any atom is 0.136 e. The van der Waals surface area contributed by atoms with Gasteiger partial charge in [0.25, 0.3) is 0 Å². The van der Waals surface area contributed by atoms with Crippen LogP contribution in [-0.2, 0) is 12.8 Å². The normalized spacial score (nSPS) is 21.8. The third-order valence-corrected chi connectivity index (χ3v) is 5.29. The maximum atomic E-state index is 10.5. The molecule has 4 rings (SSSR count). The van der Waals surface area contributed by atoms with Crippen molar-refractivity contribution >= 4 is 5.82 Å². The predicted molar refractivity (Wildman–Crippen MR) is 92.1 cm³/mol. The van der Waals surface area contributed by atoms with Crippen LogP contribution in [0.4, 0.5) is 5.82 Å². The number of hydrogen-bond acceptors (Lipinski definition) is 5. The number of aromatic nitrogens is 2. The Morgan fingerprint density at radius 3 is 3.00 bits per heavy atom. The van der Waals surface area contributed by atoms with Crippen LogP contribution in [0.2, 0.25) is 0 Å². The van der Waals surface area contributed by atoms with E-state index < -0.39 is 6.10 Å². The van der Waals surface area contributed by atoms with Crippen LogP contribution >= 0.6 is 0 Å². The molecule has 0 saturated carbocycles. The molecule has 2 aromatic rings. The summed E-state index contributed by atoms with van der Waals surface area (Å²) >= 11 is 0.